The van der Waals surface area contributed by atoms with Crippen molar-refractivity contribution >= 4 is 11.6 Å². The Balaban J connectivity index is 2.05. The van der Waals surface area contributed by atoms with Crippen LogP contribution in [0.15, 0.2) is 48.5 Å². The van der Waals surface area contributed by atoms with Crippen LogP contribution in [-0.4, -0.2) is 24.2 Å². The molecule has 1 unspecified atom stereocenters. The van der Waals surface area contributed by atoms with E-state index in [1.807, 2.05) is 24.3 Å². The van der Waals surface area contributed by atoms with Gasteiger partial charge < -0.3 is 14.7 Å². The summed E-state index contributed by atoms with van der Waals surface area (Å²) in [5, 5.41) is 10.1. The number of phenolic OH excluding ortho intramolecular Hbond substituents is 1. The van der Waals surface area contributed by atoms with Crippen LogP contribution in [0.25, 0.3) is 0 Å². The van der Waals surface area contributed by atoms with Gasteiger partial charge in [0, 0.05) is 6.04 Å². The summed E-state index contributed by atoms with van der Waals surface area (Å²) < 4.78 is 5.44. The second-order valence-corrected chi connectivity index (χ2v) is 5.94. The molecule has 1 atom stereocenters. The zero-order chi connectivity index (χ0) is 16.4. The lowest BCUT2D eigenvalue weighted by Crippen LogP contribution is -2.40. The van der Waals surface area contributed by atoms with Crippen molar-refractivity contribution in [3.63, 3.8) is 0 Å². The highest BCUT2D eigenvalue weighted by molar-refractivity contribution is 6.09. The average molecular weight is 311 g/mol. The van der Waals surface area contributed by atoms with Crippen molar-refractivity contribution in [2.45, 2.75) is 25.8 Å². The third-order valence-corrected chi connectivity index (χ3v) is 4.41. The SMILES string of the molecule is COc1ccccc1N(C(=O)c1ccccc1O)C(C)C1CC1. The summed E-state index contributed by atoms with van der Waals surface area (Å²) in [6.45, 7) is 2.06. The zero-order valence-electron chi connectivity index (χ0n) is 13.4. The van der Waals surface area contributed by atoms with Crippen LogP contribution < -0.4 is 9.64 Å². The number of anilines is 1. The molecule has 0 radical (unpaired) electrons. The predicted octanol–water partition coefficient (Wildman–Crippen LogP) is 3.85. The minimum Gasteiger partial charge on any atom is -0.507 e. The molecule has 0 spiro atoms. The molecule has 1 N–H and O–H groups in total. The summed E-state index contributed by atoms with van der Waals surface area (Å²) in [6, 6.07) is 14.2. The van der Waals surface area contributed by atoms with Crippen LogP contribution in [0.4, 0.5) is 5.69 Å². The second-order valence-electron chi connectivity index (χ2n) is 5.94. The number of rotatable bonds is 5. The first-order valence-corrected chi connectivity index (χ1v) is 7.88. The van der Waals surface area contributed by atoms with Crippen LogP contribution in [0.1, 0.15) is 30.1 Å². The summed E-state index contributed by atoms with van der Waals surface area (Å²) in [4.78, 5) is 14.9. The topological polar surface area (TPSA) is 49.8 Å². The quantitative estimate of drug-likeness (QED) is 0.912. The standard InChI is InChI=1S/C19H21NO3/c1-13(14-11-12-14)20(16-8-4-6-10-18(16)23-2)19(22)15-7-3-5-9-17(15)21/h3-10,13-14,21H,11-12H2,1-2H3. The minimum absolute atomic E-state index is 0.000366. The maximum atomic E-state index is 13.1. The van der Waals surface area contributed by atoms with Gasteiger partial charge in [0.2, 0.25) is 0 Å². The van der Waals surface area contributed by atoms with Gasteiger partial charge in [-0.1, -0.05) is 24.3 Å². The van der Waals surface area contributed by atoms with Crippen LogP contribution in [-0.2, 0) is 0 Å². The molecule has 4 heteroatoms. The number of carbonyl (C=O) groups excluding carboxylic acids is 1. The van der Waals surface area contributed by atoms with E-state index in [9.17, 15) is 9.90 Å². The predicted molar refractivity (Wildman–Crippen MR) is 90.1 cm³/mol. The van der Waals surface area contributed by atoms with E-state index in [0.29, 0.717) is 17.2 Å². The van der Waals surface area contributed by atoms with E-state index < -0.39 is 0 Å². The van der Waals surface area contributed by atoms with Crippen LogP contribution in [0, 0.1) is 5.92 Å². The lowest BCUT2D eigenvalue weighted by molar-refractivity contribution is 0.0972. The van der Waals surface area contributed by atoms with Gasteiger partial charge in [-0.3, -0.25) is 4.79 Å². The number of hydrogen-bond donors (Lipinski definition) is 1. The number of methoxy groups -OCH3 is 1. The molecular weight excluding hydrogens is 290 g/mol. The van der Waals surface area contributed by atoms with Gasteiger partial charge in [-0.2, -0.15) is 0 Å². The Morgan fingerprint density at radius 2 is 1.83 bits per heavy atom. The number of carbonyl (C=O) groups is 1. The van der Waals surface area contributed by atoms with Crippen LogP contribution in [0.2, 0.25) is 0 Å². The Labute approximate surface area is 136 Å². The van der Waals surface area contributed by atoms with Crippen molar-refractivity contribution in [3.05, 3.63) is 54.1 Å². The highest BCUT2D eigenvalue weighted by Gasteiger charge is 2.37. The van der Waals surface area contributed by atoms with Gasteiger partial charge in [0.25, 0.3) is 5.91 Å². The van der Waals surface area contributed by atoms with Gasteiger partial charge in [-0.15, -0.1) is 0 Å². The third kappa shape index (κ3) is 3.02. The fourth-order valence-corrected chi connectivity index (χ4v) is 2.92. The lowest BCUT2D eigenvalue weighted by atomic mass is 10.1. The number of phenols is 1. The second kappa shape index (κ2) is 6.32. The van der Waals surface area contributed by atoms with Gasteiger partial charge in [0.05, 0.1) is 18.4 Å². The van der Waals surface area contributed by atoms with Crippen molar-refractivity contribution < 1.29 is 14.6 Å². The van der Waals surface area contributed by atoms with Crippen LogP contribution in [0.3, 0.4) is 0 Å². The Bertz CT molecular complexity index is 709. The Kier molecular flexibility index (Phi) is 4.24. The van der Waals surface area contributed by atoms with Crippen LogP contribution in [0.5, 0.6) is 11.5 Å². The van der Waals surface area contributed by atoms with Crippen molar-refractivity contribution in [3.8, 4) is 11.5 Å². The Morgan fingerprint density at radius 1 is 1.17 bits per heavy atom. The van der Waals surface area contributed by atoms with Crippen LogP contribution >= 0.6 is 0 Å². The first-order valence-electron chi connectivity index (χ1n) is 7.88. The van der Waals surface area contributed by atoms with Crippen molar-refractivity contribution in [2.75, 3.05) is 12.0 Å². The maximum Gasteiger partial charge on any atom is 0.262 e. The fourth-order valence-electron chi connectivity index (χ4n) is 2.92. The third-order valence-electron chi connectivity index (χ3n) is 4.41. The molecule has 2 aromatic carbocycles. The van der Waals surface area contributed by atoms with Gasteiger partial charge in [0.1, 0.15) is 11.5 Å². The van der Waals surface area contributed by atoms with Gasteiger partial charge in [0.15, 0.2) is 0 Å². The van der Waals surface area contributed by atoms with Crippen molar-refractivity contribution in [2.24, 2.45) is 5.92 Å². The summed E-state index contributed by atoms with van der Waals surface area (Å²) >= 11 is 0. The number of nitrogens with zero attached hydrogens (tertiary/aromatic N) is 1. The molecule has 1 aliphatic rings. The molecule has 1 amide bonds. The smallest absolute Gasteiger partial charge is 0.262 e. The van der Waals surface area contributed by atoms with Gasteiger partial charge in [-0.25, -0.2) is 0 Å². The number of aromatic hydroxyl groups is 1. The largest absolute Gasteiger partial charge is 0.507 e. The maximum absolute atomic E-state index is 13.1. The van der Waals surface area contributed by atoms with Gasteiger partial charge >= 0.3 is 0 Å². The number of ether oxygens (including phenoxy) is 1. The Hall–Kier alpha value is -2.49. The number of amides is 1. The molecule has 0 bridgehead atoms. The zero-order valence-corrected chi connectivity index (χ0v) is 13.4. The molecule has 1 aliphatic carbocycles. The molecule has 0 aliphatic heterocycles. The van der Waals surface area contributed by atoms with E-state index in [1.165, 1.54) is 6.07 Å². The summed E-state index contributed by atoms with van der Waals surface area (Å²) in [5.41, 5.74) is 1.05. The molecule has 23 heavy (non-hydrogen) atoms. The number of para-hydroxylation sites is 3. The summed E-state index contributed by atoms with van der Waals surface area (Å²) in [7, 11) is 1.60. The normalized spacial score (nSPS) is 15.0. The number of benzene rings is 2. The molecule has 120 valence electrons. The summed E-state index contributed by atoms with van der Waals surface area (Å²) in [5.74, 6) is 0.950. The first kappa shape index (κ1) is 15.4. The fraction of sp³-hybridized carbons (Fsp3) is 0.316. The highest BCUT2D eigenvalue weighted by atomic mass is 16.5. The van der Waals surface area contributed by atoms with E-state index in [1.54, 1.807) is 30.2 Å². The van der Waals surface area contributed by atoms with Crippen molar-refractivity contribution in [1.82, 2.24) is 0 Å². The monoisotopic (exact) mass is 311 g/mol. The lowest BCUT2D eigenvalue weighted by Gasteiger charge is -2.31. The highest BCUT2D eigenvalue weighted by Crippen LogP contribution is 2.40. The molecule has 4 nitrogen and oxygen atoms in total. The van der Waals surface area contributed by atoms with Gasteiger partial charge in [-0.05, 0) is 49.9 Å². The average Bonchev–Trinajstić information content (AvgIpc) is 3.40. The first-order chi connectivity index (χ1) is 11.1. The van der Waals surface area contributed by atoms with E-state index in [2.05, 4.69) is 6.92 Å². The van der Waals surface area contributed by atoms with E-state index in [0.717, 1.165) is 18.5 Å². The van der Waals surface area contributed by atoms with Crippen molar-refractivity contribution in [1.29, 1.82) is 0 Å². The number of hydrogen-bond acceptors (Lipinski definition) is 3. The molecule has 0 heterocycles. The van der Waals surface area contributed by atoms with E-state index in [4.69, 9.17) is 4.74 Å². The van der Waals surface area contributed by atoms with E-state index >= 15 is 0 Å². The molecule has 3 rings (SSSR count). The molecule has 2 aromatic rings. The Morgan fingerprint density at radius 3 is 2.48 bits per heavy atom. The molecular formula is C19H21NO3. The molecule has 1 fully saturated rings. The van der Waals surface area contributed by atoms with E-state index in [-0.39, 0.29) is 17.7 Å². The summed E-state index contributed by atoms with van der Waals surface area (Å²) in [6.07, 6.45) is 2.25. The minimum atomic E-state index is -0.202. The molecule has 1 saturated carbocycles. The molecule has 0 aromatic heterocycles. The molecule has 0 saturated heterocycles.